The minimum absolute atomic E-state index is 0.0669. The molecule has 1 unspecified atom stereocenters. The summed E-state index contributed by atoms with van der Waals surface area (Å²) in [6.45, 7) is 1.80. The molecule has 0 saturated carbocycles. The first-order valence-corrected chi connectivity index (χ1v) is 6.33. The van der Waals surface area contributed by atoms with E-state index in [4.69, 9.17) is 4.42 Å². The van der Waals surface area contributed by atoms with Crippen molar-refractivity contribution >= 4 is 5.91 Å². The summed E-state index contributed by atoms with van der Waals surface area (Å²) in [6.07, 6.45) is 2.58. The van der Waals surface area contributed by atoms with E-state index in [0.29, 0.717) is 17.1 Å². The SMILES string of the molecule is CN(C(=O)c1cc(-c2ccco2)[nH]n1)C1CCNC1. The van der Waals surface area contributed by atoms with E-state index in [1.165, 1.54) is 0 Å². The van der Waals surface area contributed by atoms with Gasteiger partial charge >= 0.3 is 0 Å². The lowest BCUT2D eigenvalue weighted by atomic mass is 10.2. The molecule has 2 N–H and O–H groups in total. The third kappa shape index (κ3) is 2.26. The third-order valence-corrected chi connectivity index (χ3v) is 3.49. The van der Waals surface area contributed by atoms with Crippen LogP contribution in [0.4, 0.5) is 0 Å². The first-order valence-electron chi connectivity index (χ1n) is 6.33. The highest BCUT2D eigenvalue weighted by atomic mass is 16.3. The van der Waals surface area contributed by atoms with Crippen LogP contribution in [0.15, 0.2) is 28.9 Å². The molecule has 1 fully saturated rings. The monoisotopic (exact) mass is 260 g/mol. The van der Waals surface area contributed by atoms with E-state index in [9.17, 15) is 4.79 Å². The van der Waals surface area contributed by atoms with Gasteiger partial charge < -0.3 is 14.6 Å². The Morgan fingerprint density at radius 1 is 1.58 bits per heavy atom. The van der Waals surface area contributed by atoms with Crippen LogP contribution in [0.1, 0.15) is 16.9 Å². The van der Waals surface area contributed by atoms with Crippen LogP contribution in [0, 0.1) is 0 Å². The fourth-order valence-electron chi connectivity index (χ4n) is 2.31. The number of carbonyl (C=O) groups is 1. The zero-order valence-electron chi connectivity index (χ0n) is 10.7. The van der Waals surface area contributed by atoms with Crippen molar-refractivity contribution in [2.45, 2.75) is 12.5 Å². The molecule has 2 aromatic rings. The van der Waals surface area contributed by atoms with Gasteiger partial charge in [0.1, 0.15) is 5.69 Å². The number of amides is 1. The molecule has 0 aliphatic carbocycles. The smallest absolute Gasteiger partial charge is 0.274 e. The number of rotatable bonds is 3. The average Bonchev–Trinajstić information content (AvgIpc) is 3.16. The normalized spacial score (nSPS) is 18.7. The Morgan fingerprint density at radius 3 is 3.16 bits per heavy atom. The largest absolute Gasteiger partial charge is 0.463 e. The van der Waals surface area contributed by atoms with Gasteiger partial charge in [0, 0.05) is 25.7 Å². The van der Waals surface area contributed by atoms with E-state index in [0.717, 1.165) is 19.5 Å². The maximum Gasteiger partial charge on any atom is 0.274 e. The molecule has 3 rings (SSSR count). The summed E-state index contributed by atoms with van der Waals surface area (Å²) in [5.41, 5.74) is 1.13. The van der Waals surface area contributed by atoms with Crippen LogP contribution in [0.2, 0.25) is 0 Å². The maximum atomic E-state index is 12.3. The zero-order valence-corrected chi connectivity index (χ0v) is 10.7. The van der Waals surface area contributed by atoms with Gasteiger partial charge in [0.2, 0.25) is 0 Å². The third-order valence-electron chi connectivity index (χ3n) is 3.49. The van der Waals surface area contributed by atoms with E-state index < -0.39 is 0 Å². The average molecular weight is 260 g/mol. The van der Waals surface area contributed by atoms with Crippen molar-refractivity contribution in [1.29, 1.82) is 0 Å². The van der Waals surface area contributed by atoms with Gasteiger partial charge in [0.05, 0.1) is 6.26 Å². The summed E-state index contributed by atoms with van der Waals surface area (Å²) in [5, 5.41) is 10.1. The fourth-order valence-corrected chi connectivity index (χ4v) is 2.31. The van der Waals surface area contributed by atoms with Gasteiger partial charge in [-0.05, 0) is 25.1 Å². The molecule has 6 nitrogen and oxygen atoms in total. The Kier molecular flexibility index (Phi) is 3.08. The van der Waals surface area contributed by atoms with Crippen molar-refractivity contribution in [3.05, 3.63) is 30.2 Å². The molecule has 19 heavy (non-hydrogen) atoms. The Morgan fingerprint density at radius 2 is 2.47 bits per heavy atom. The number of nitrogens with zero attached hydrogens (tertiary/aromatic N) is 2. The number of carbonyl (C=O) groups excluding carboxylic acids is 1. The van der Waals surface area contributed by atoms with Crippen LogP contribution in [0.25, 0.3) is 11.5 Å². The topological polar surface area (TPSA) is 74.2 Å². The van der Waals surface area contributed by atoms with E-state index in [1.54, 1.807) is 23.3 Å². The van der Waals surface area contributed by atoms with Crippen LogP contribution in [0.3, 0.4) is 0 Å². The van der Waals surface area contributed by atoms with Gasteiger partial charge in [0.25, 0.3) is 5.91 Å². The van der Waals surface area contributed by atoms with Crippen LogP contribution in [-0.4, -0.2) is 47.2 Å². The quantitative estimate of drug-likeness (QED) is 0.866. The van der Waals surface area contributed by atoms with E-state index in [-0.39, 0.29) is 11.9 Å². The first-order chi connectivity index (χ1) is 9.25. The minimum atomic E-state index is -0.0669. The Hall–Kier alpha value is -2.08. The van der Waals surface area contributed by atoms with Gasteiger partial charge in [-0.2, -0.15) is 5.10 Å². The van der Waals surface area contributed by atoms with E-state index in [2.05, 4.69) is 15.5 Å². The number of aromatic amines is 1. The van der Waals surface area contributed by atoms with E-state index >= 15 is 0 Å². The van der Waals surface area contributed by atoms with Crippen molar-refractivity contribution in [2.24, 2.45) is 0 Å². The second kappa shape index (κ2) is 4.89. The summed E-state index contributed by atoms with van der Waals surface area (Å²) in [6, 6.07) is 5.59. The first kappa shape index (κ1) is 12.0. The molecule has 0 aromatic carbocycles. The number of hydrogen-bond acceptors (Lipinski definition) is 4. The molecule has 1 saturated heterocycles. The maximum absolute atomic E-state index is 12.3. The molecule has 2 aromatic heterocycles. The summed E-state index contributed by atoms with van der Waals surface area (Å²) in [4.78, 5) is 14.1. The second-order valence-corrected chi connectivity index (χ2v) is 4.71. The number of aromatic nitrogens is 2. The molecular formula is C13H16N4O2. The molecule has 6 heteroatoms. The predicted molar refractivity (Wildman–Crippen MR) is 69.7 cm³/mol. The molecule has 0 bridgehead atoms. The summed E-state index contributed by atoms with van der Waals surface area (Å²) >= 11 is 0. The molecule has 1 aliphatic rings. The Labute approximate surface area is 110 Å². The summed E-state index contributed by atoms with van der Waals surface area (Å²) in [5.74, 6) is 0.611. The number of likely N-dealkylation sites (N-methyl/N-ethyl adjacent to an activating group) is 1. The minimum Gasteiger partial charge on any atom is -0.463 e. The molecule has 100 valence electrons. The van der Waals surface area contributed by atoms with Crippen molar-refractivity contribution in [1.82, 2.24) is 20.4 Å². The standard InChI is InChI=1S/C13H16N4O2/c1-17(9-4-5-14-8-9)13(18)11-7-10(15-16-11)12-3-2-6-19-12/h2-3,6-7,9,14H,4-5,8H2,1H3,(H,15,16). The van der Waals surface area contributed by atoms with Crippen molar-refractivity contribution < 1.29 is 9.21 Å². The number of nitrogens with one attached hydrogen (secondary N) is 2. The number of H-pyrrole nitrogens is 1. The highest BCUT2D eigenvalue weighted by molar-refractivity contribution is 5.93. The molecule has 1 atom stereocenters. The van der Waals surface area contributed by atoms with Gasteiger partial charge in [-0.15, -0.1) is 0 Å². The molecular weight excluding hydrogens is 244 g/mol. The molecule has 0 radical (unpaired) electrons. The van der Waals surface area contributed by atoms with Crippen molar-refractivity contribution in [2.75, 3.05) is 20.1 Å². The molecule has 1 aliphatic heterocycles. The lowest BCUT2D eigenvalue weighted by Crippen LogP contribution is -2.38. The zero-order chi connectivity index (χ0) is 13.2. The fraction of sp³-hybridized carbons (Fsp3) is 0.385. The second-order valence-electron chi connectivity index (χ2n) is 4.71. The molecule has 3 heterocycles. The predicted octanol–water partition coefficient (Wildman–Crippen LogP) is 1.10. The van der Waals surface area contributed by atoms with Crippen LogP contribution >= 0.6 is 0 Å². The van der Waals surface area contributed by atoms with Crippen LogP contribution in [0.5, 0.6) is 0 Å². The van der Waals surface area contributed by atoms with E-state index in [1.807, 2.05) is 13.1 Å². The van der Waals surface area contributed by atoms with Crippen molar-refractivity contribution in [3.63, 3.8) is 0 Å². The lowest BCUT2D eigenvalue weighted by Gasteiger charge is -2.22. The van der Waals surface area contributed by atoms with Gasteiger partial charge in [-0.25, -0.2) is 0 Å². The number of hydrogen-bond donors (Lipinski definition) is 2. The highest BCUT2D eigenvalue weighted by Crippen LogP contribution is 2.19. The van der Waals surface area contributed by atoms with Gasteiger partial charge in [0.15, 0.2) is 11.5 Å². The van der Waals surface area contributed by atoms with Crippen LogP contribution in [-0.2, 0) is 0 Å². The lowest BCUT2D eigenvalue weighted by molar-refractivity contribution is 0.0738. The van der Waals surface area contributed by atoms with Gasteiger partial charge in [-0.1, -0.05) is 0 Å². The Balaban J connectivity index is 1.76. The van der Waals surface area contributed by atoms with Crippen LogP contribution < -0.4 is 5.32 Å². The molecule has 1 amide bonds. The van der Waals surface area contributed by atoms with Gasteiger partial charge in [-0.3, -0.25) is 9.89 Å². The summed E-state index contributed by atoms with van der Waals surface area (Å²) < 4.78 is 5.27. The molecule has 0 spiro atoms. The Bertz CT molecular complexity index is 555. The highest BCUT2D eigenvalue weighted by Gasteiger charge is 2.25. The van der Waals surface area contributed by atoms with Crippen molar-refractivity contribution in [3.8, 4) is 11.5 Å². The summed E-state index contributed by atoms with van der Waals surface area (Å²) in [7, 11) is 1.82. The number of furan rings is 1.